The summed E-state index contributed by atoms with van der Waals surface area (Å²) >= 11 is 0. The molecule has 4 rings (SSSR count). The second-order valence-corrected chi connectivity index (χ2v) is 6.30. The molecule has 0 bridgehead atoms. The summed E-state index contributed by atoms with van der Waals surface area (Å²) in [5, 5.41) is 2.27. The maximum atomic E-state index is 12.4. The van der Waals surface area contributed by atoms with Gasteiger partial charge in [0.15, 0.2) is 6.10 Å². The van der Waals surface area contributed by atoms with Gasteiger partial charge in [-0.1, -0.05) is 36.4 Å². The molecule has 0 aromatic heterocycles. The third kappa shape index (κ3) is 2.47. The molecule has 5 nitrogen and oxygen atoms in total. The van der Waals surface area contributed by atoms with Crippen molar-refractivity contribution in [3.63, 3.8) is 0 Å². The van der Waals surface area contributed by atoms with Gasteiger partial charge < -0.3 is 14.2 Å². The molecule has 2 aromatic carbocycles. The number of methoxy groups -OCH3 is 2. The van der Waals surface area contributed by atoms with Crippen LogP contribution in [0.2, 0.25) is 0 Å². The van der Waals surface area contributed by atoms with Gasteiger partial charge in [0.1, 0.15) is 5.75 Å². The van der Waals surface area contributed by atoms with Crippen molar-refractivity contribution in [3.05, 3.63) is 64.8 Å². The van der Waals surface area contributed by atoms with Crippen molar-refractivity contribution in [2.75, 3.05) is 14.2 Å². The number of rotatable bonds is 2. The lowest BCUT2D eigenvalue weighted by molar-refractivity contribution is -0.140. The first kappa shape index (κ1) is 16.4. The molecule has 2 aliphatic rings. The van der Waals surface area contributed by atoms with E-state index in [-0.39, 0.29) is 11.1 Å². The Morgan fingerprint density at radius 2 is 1.81 bits per heavy atom. The standard InChI is InChI=1S/C21H18O5/c1-24-20(22)15-9-7-13-11-16-14-6-4-3-5-12(14)8-10-17(16)26-19(13)18(15)21(23)25-2/h3-8,10,19H,9,11H2,1-2H3. The van der Waals surface area contributed by atoms with Gasteiger partial charge in [-0.15, -0.1) is 0 Å². The molecule has 26 heavy (non-hydrogen) atoms. The first-order chi connectivity index (χ1) is 12.6. The molecule has 0 spiro atoms. The Hall–Kier alpha value is -3.08. The molecule has 0 amide bonds. The van der Waals surface area contributed by atoms with Crippen LogP contribution in [0.5, 0.6) is 5.75 Å². The van der Waals surface area contributed by atoms with Gasteiger partial charge in [-0.25, -0.2) is 9.59 Å². The average molecular weight is 350 g/mol. The van der Waals surface area contributed by atoms with Gasteiger partial charge in [-0.2, -0.15) is 0 Å². The van der Waals surface area contributed by atoms with Crippen LogP contribution in [0, 0.1) is 0 Å². The Bertz CT molecular complexity index is 983. The van der Waals surface area contributed by atoms with Crippen LogP contribution in [-0.2, 0) is 25.5 Å². The lowest BCUT2D eigenvalue weighted by Gasteiger charge is -2.33. The van der Waals surface area contributed by atoms with E-state index in [2.05, 4.69) is 12.1 Å². The third-order valence-corrected chi connectivity index (χ3v) is 4.95. The normalized spacial score (nSPS) is 18.4. The Morgan fingerprint density at radius 1 is 1.04 bits per heavy atom. The molecule has 1 atom stereocenters. The SMILES string of the molecule is COC(=O)C1=C(C(=O)OC)C2Oc3ccc4ccccc4c3CC2=CC1. The van der Waals surface area contributed by atoms with E-state index in [1.54, 1.807) is 0 Å². The number of fused-ring (bicyclic) bond motifs is 4. The number of hydrogen-bond donors (Lipinski definition) is 0. The van der Waals surface area contributed by atoms with Crippen molar-refractivity contribution < 1.29 is 23.8 Å². The maximum absolute atomic E-state index is 12.4. The highest BCUT2D eigenvalue weighted by atomic mass is 16.5. The molecule has 5 heteroatoms. The van der Waals surface area contributed by atoms with Gasteiger partial charge in [0.2, 0.25) is 0 Å². The third-order valence-electron chi connectivity index (χ3n) is 4.95. The fourth-order valence-corrected chi connectivity index (χ4v) is 3.69. The molecular weight excluding hydrogens is 332 g/mol. The summed E-state index contributed by atoms with van der Waals surface area (Å²) in [6, 6.07) is 12.0. The van der Waals surface area contributed by atoms with E-state index in [4.69, 9.17) is 14.2 Å². The lowest BCUT2D eigenvalue weighted by Crippen LogP contribution is -2.36. The second kappa shape index (κ2) is 6.33. The zero-order valence-electron chi connectivity index (χ0n) is 14.6. The molecule has 1 aliphatic carbocycles. The number of benzene rings is 2. The van der Waals surface area contributed by atoms with Crippen molar-refractivity contribution in [1.82, 2.24) is 0 Å². The Morgan fingerprint density at radius 3 is 2.58 bits per heavy atom. The zero-order chi connectivity index (χ0) is 18.3. The number of hydrogen-bond acceptors (Lipinski definition) is 5. The topological polar surface area (TPSA) is 61.8 Å². The molecule has 0 fully saturated rings. The van der Waals surface area contributed by atoms with Crippen LogP contribution in [0.4, 0.5) is 0 Å². The van der Waals surface area contributed by atoms with Gasteiger partial charge in [0.25, 0.3) is 0 Å². The van der Waals surface area contributed by atoms with Crippen LogP contribution >= 0.6 is 0 Å². The smallest absolute Gasteiger partial charge is 0.338 e. The molecule has 0 N–H and O–H groups in total. The molecule has 0 radical (unpaired) electrons. The van der Waals surface area contributed by atoms with Crippen molar-refractivity contribution in [1.29, 1.82) is 0 Å². The highest BCUT2D eigenvalue weighted by Gasteiger charge is 2.38. The average Bonchev–Trinajstić information content (AvgIpc) is 2.70. The highest BCUT2D eigenvalue weighted by molar-refractivity contribution is 6.02. The molecule has 2 aromatic rings. The number of ether oxygens (including phenoxy) is 3. The molecule has 0 saturated carbocycles. The fourth-order valence-electron chi connectivity index (χ4n) is 3.69. The summed E-state index contributed by atoms with van der Waals surface area (Å²) < 4.78 is 15.9. The van der Waals surface area contributed by atoms with Crippen molar-refractivity contribution in [2.45, 2.75) is 18.9 Å². The van der Waals surface area contributed by atoms with Gasteiger partial charge in [-0.05, 0) is 28.8 Å². The number of carbonyl (C=O) groups is 2. The largest absolute Gasteiger partial charge is 0.481 e. The second-order valence-electron chi connectivity index (χ2n) is 6.30. The summed E-state index contributed by atoms with van der Waals surface area (Å²) in [5.74, 6) is -0.378. The summed E-state index contributed by atoms with van der Waals surface area (Å²) in [6.07, 6.45) is 2.32. The van der Waals surface area contributed by atoms with Crippen molar-refractivity contribution >= 4 is 22.7 Å². The minimum Gasteiger partial charge on any atom is -0.481 e. The summed E-state index contributed by atoms with van der Waals surface area (Å²) in [6.45, 7) is 0. The molecular formula is C21H18O5. The van der Waals surface area contributed by atoms with E-state index in [0.29, 0.717) is 12.8 Å². The van der Waals surface area contributed by atoms with Crippen LogP contribution in [0.15, 0.2) is 59.2 Å². The first-order valence-corrected chi connectivity index (χ1v) is 8.40. The molecule has 0 saturated heterocycles. The Kier molecular flexibility index (Phi) is 3.99. The first-order valence-electron chi connectivity index (χ1n) is 8.40. The minimum absolute atomic E-state index is 0.232. The zero-order valence-corrected chi connectivity index (χ0v) is 14.6. The van der Waals surface area contributed by atoms with E-state index in [0.717, 1.165) is 27.7 Å². The summed E-state index contributed by atoms with van der Waals surface area (Å²) in [7, 11) is 2.60. The van der Waals surface area contributed by atoms with Gasteiger partial charge >= 0.3 is 11.9 Å². The van der Waals surface area contributed by atoms with Crippen LogP contribution in [0.3, 0.4) is 0 Å². The lowest BCUT2D eigenvalue weighted by atomic mass is 9.83. The Balaban J connectivity index is 1.83. The van der Waals surface area contributed by atoms with E-state index in [1.807, 2.05) is 30.3 Å². The van der Waals surface area contributed by atoms with E-state index in [9.17, 15) is 9.59 Å². The highest BCUT2D eigenvalue weighted by Crippen LogP contribution is 2.41. The molecule has 1 aliphatic heterocycles. The van der Waals surface area contributed by atoms with Crippen molar-refractivity contribution in [2.24, 2.45) is 0 Å². The monoisotopic (exact) mass is 350 g/mol. The van der Waals surface area contributed by atoms with Gasteiger partial charge in [0.05, 0.1) is 25.4 Å². The van der Waals surface area contributed by atoms with Crippen LogP contribution in [-0.4, -0.2) is 32.3 Å². The predicted molar refractivity (Wildman–Crippen MR) is 95.8 cm³/mol. The minimum atomic E-state index is -0.626. The predicted octanol–water partition coefficient (Wildman–Crippen LogP) is 3.12. The van der Waals surface area contributed by atoms with Crippen molar-refractivity contribution in [3.8, 4) is 5.75 Å². The number of carbonyl (C=O) groups excluding carboxylic acids is 2. The maximum Gasteiger partial charge on any atom is 0.338 e. The molecule has 1 unspecified atom stereocenters. The van der Waals surface area contributed by atoms with Crippen LogP contribution in [0.1, 0.15) is 12.0 Å². The van der Waals surface area contributed by atoms with Gasteiger partial charge in [0, 0.05) is 12.0 Å². The van der Waals surface area contributed by atoms with E-state index in [1.165, 1.54) is 14.2 Å². The van der Waals surface area contributed by atoms with Gasteiger partial charge in [-0.3, -0.25) is 0 Å². The summed E-state index contributed by atoms with van der Waals surface area (Å²) in [5.41, 5.74) is 2.58. The fraction of sp³-hybridized carbons (Fsp3) is 0.238. The summed E-state index contributed by atoms with van der Waals surface area (Å²) in [4.78, 5) is 24.5. The molecule has 132 valence electrons. The van der Waals surface area contributed by atoms with E-state index < -0.39 is 18.0 Å². The molecule has 1 heterocycles. The quantitative estimate of drug-likeness (QED) is 0.615. The number of allylic oxidation sites excluding steroid dienone is 1. The number of esters is 2. The van der Waals surface area contributed by atoms with E-state index >= 15 is 0 Å². The van der Waals surface area contributed by atoms with Crippen LogP contribution < -0.4 is 4.74 Å². The van der Waals surface area contributed by atoms with Crippen LogP contribution in [0.25, 0.3) is 10.8 Å². The Labute approximate surface area is 150 Å².